The highest BCUT2D eigenvalue weighted by Crippen LogP contribution is 2.18. The molecule has 1 amide bonds. The van der Waals surface area contributed by atoms with E-state index in [0.717, 1.165) is 0 Å². The Labute approximate surface area is 144 Å². The molecule has 1 N–H and O–H groups in total. The molecule has 0 bridgehead atoms. The molecule has 1 aliphatic rings. The summed E-state index contributed by atoms with van der Waals surface area (Å²) in [5.41, 5.74) is -0.274. The third-order valence-electron chi connectivity index (χ3n) is 4.08. The first-order valence-corrected chi connectivity index (χ1v) is 9.66. The Kier molecular flexibility index (Phi) is 5.67. The Bertz CT molecular complexity index is 660. The first-order valence-electron chi connectivity index (χ1n) is 8.22. The van der Waals surface area contributed by atoms with Gasteiger partial charge in [0.1, 0.15) is 0 Å². The minimum atomic E-state index is -3.45. The molecule has 2 rings (SSSR count). The second kappa shape index (κ2) is 7.21. The van der Waals surface area contributed by atoms with Crippen LogP contribution in [-0.2, 0) is 14.8 Å². The first-order chi connectivity index (χ1) is 11.1. The second-order valence-electron chi connectivity index (χ2n) is 7.17. The summed E-state index contributed by atoms with van der Waals surface area (Å²) >= 11 is 0. The van der Waals surface area contributed by atoms with Gasteiger partial charge in [-0.15, -0.1) is 0 Å². The van der Waals surface area contributed by atoms with Gasteiger partial charge in [0, 0.05) is 31.7 Å². The molecule has 0 spiro atoms. The molecule has 0 saturated carbocycles. The van der Waals surface area contributed by atoms with Gasteiger partial charge in [-0.3, -0.25) is 9.69 Å². The second-order valence-corrected chi connectivity index (χ2v) is 9.11. The standard InChI is InChI=1S/C17H27N3O3S/c1-14(16(21)18-17(2,3)4)19-10-12-20(13-11-19)24(22,23)15-8-6-5-7-9-15/h5-9,14H,10-13H2,1-4H3,(H,18,21). The zero-order valence-electron chi connectivity index (χ0n) is 14.8. The predicted octanol–water partition coefficient (Wildman–Crippen LogP) is 1.30. The Morgan fingerprint density at radius 2 is 1.62 bits per heavy atom. The van der Waals surface area contributed by atoms with Crippen molar-refractivity contribution in [1.82, 2.24) is 14.5 Å². The zero-order chi connectivity index (χ0) is 18.0. The van der Waals surface area contributed by atoms with E-state index in [0.29, 0.717) is 31.1 Å². The third kappa shape index (κ3) is 4.55. The van der Waals surface area contributed by atoms with Crippen molar-refractivity contribution in [3.8, 4) is 0 Å². The number of sulfonamides is 1. The molecule has 1 atom stereocenters. The molecular formula is C17H27N3O3S. The Morgan fingerprint density at radius 1 is 1.08 bits per heavy atom. The topological polar surface area (TPSA) is 69.7 Å². The van der Waals surface area contributed by atoms with Crippen LogP contribution in [0, 0.1) is 0 Å². The minimum Gasteiger partial charge on any atom is -0.350 e. The number of piperazine rings is 1. The van der Waals surface area contributed by atoms with Crippen LogP contribution in [0.25, 0.3) is 0 Å². The smallest absolute Gasteiger partial charge is 0.243 e. The van der Waals surface area contributed by atoms with Gasteiger partial charge in [-0.05, 0) is 39.8 Å². The van der Waals surface area contributed by atoms with Crippen molar-refractivity contribution in [2.75, 3.05) is 26.2 Å². The van der Waals surface area contributed by atoms with E-state index in [-0.39, 0.29) is 17.5 Å². The number of nitrogens with one attached hydrogen (secondary N) is 1. The van der Waals surface area contributed by atoms with Crippen molar-refractivity contribution < 1.29 is 13.2 Å². The van der Waals surface area contributed by atoms with E-state index in [1.807, 2.05) is 32.6 Å². The fraction of sp³-hybridized carbons (Fsp3) is 0.588. The van der Waals surface area contributed by atoms with Crippen LogP contribution >= 0.6 is 0 Å². The van der Waals surface area contributed by atoms with Crippen LogP contribution in [0.3, 0.4) is 0 Å². The molecule has 1 aromatic carbocycles. The van der Waals surface area contributed by atoms with E-state index < -0.39 is 10.0 Å². The summed E-state index contributed by atoms with van der Waals surface area (Å²) < 4.78 is 26.7. The van der Waals surface area contributed by atoms with Gasteiger partial charge >= 0.3 is 0 Å². The van der Waals surface area contributed by atoms with Gasteiger partial charge < -0.3 is 5.32 Å². The molecular weight excluding hydrogens is 326 g/mol. The Morgan fingerprint density at radius 3 is 2.12 bits per heavy atom. The van der Waals surface area contributed by atoms with Crippen LogP contribution in [-0.4, -0.2) is 61.3 Å². The van der Waals surface area contributed by atoms with Crippen LogP contribution in [0.2, 0.25) is 0 Å². The van der Waals surface area contributed by atoms with Crippen molar-refractivity contribution in [2.24, 2.45) is 0 Å². The molecule has 6 nitrogen and oxygen atoms in total. The van der Waals surface area contributed by atoms with E-state index >= 15 is 0 Å². The normalized spacial score (nSPS) is 19.0. The molecule has 0 aliphatic carbocycles. The third-order valence-corrected chi connectivity index (χ3v) is 5.99. The van der Waals surface area contributed by atoms with Gasteiger partial charge in [0.25, 0.3) is 0 Å². The van der Waals surface area contributed by atoms with Crippen LogP contribution < -0.4 is 5.32 Å². The molecule has 1 fully saturated rings. The lowest BCUT2D eigenvalue weighted by Gasteiger charge is -2.37. The monoisotopic (exact) mass is 353 g/mol. The van der Waals surface area contributed by atoms with E-state index in [2.05, 4.69) is 5.32 Å². The fourth-order valence-corrected chi connectivity index (χ4v) is 4.16. The van der Waals surface area contributed by atoms with Gasteiger partial charge in [0.15, 0.2) is 0 Å². The quantitative estimate of drug-likeness (QED) is 0.886. The van der Waals surface area contributed by atoms with Crippen LogP contribution in [0.15, 0.2) is 35.2 Å². The van der Waals surface area contributed by atoms with E-state index in [4.69, 9.17) is 0 Å². The summed E-state index contributed by atoms with van der Waals surface area (Å²) in [7, 11) is -3.45. The molecule has 1 aromatic rings. The maximum atomic E-state index is 12.6. The largest absolute Gasteiger partial charge is 0.350 e. The Balaban J connectivity index is 1.97. The Hall–Kier alpha value is -1.44. The molecule has 7 heteroatoms. The lowest BCUT2D eigenvalue weighted by Crippen LogP contribution is -2.56. The van der Waals surface area contributed by atoms with Gasteiger partial charge in [-0.1, -0.05) is 18.2 Å². The summed E-state index contributed by atoms with van der Waals surface area (Å²) in [6, 6.07) is 8.20. The summed E-state index contributed by atoms with van der Waals surface area (Å²) in [4.78, 5) is 14.6. The van der Waals surface area contributed by atoms with Gasteiger partial charge in [0.2, 0.25) is 15.9 Å². The zero-order valence-corrected chi connectivity index (χ0v) is 15.6. The number of hydrogen-bond acceptors (Lipinski definition) is 4. The highest BCUT2D eigenvalue weighted by atomic mass is 32.2. The lowest BCUT2D eigenvalue weighted by atomic mass is 10.1. The average molecular weight is 353 g/mol. The fourth-order valence-electron chi connectivity index (χ4n) is 2.71. The molecule has 1 aliphatic heterocycles. The number of rotatable bonds is 4. The number of carbonyl (C=O) groups excluding carboxylic acids is 1. The number of benzene rings is 1. The minimum absolute atomic E-state index is 0.0260. The highest BCUT2D eigenvalue weighted by Gasteiger charge is 2.32. The maximum Gasteiger partial charge on any atom is 0.243 e. The molecule has 0 radical (unpaired) electrons. The van der Waals surface area contributed by atoms with Gasteiger partial charge in [-0.2, -0.15) is 4.31 Å². The number of nitrogens with zero attached hydrogens (tertiary/aromatic N) is 2. The van der Waals surface area contributed by atoms with Crippen LogP contribution in [0.4, 0.5) is 0 Å². The van der Waals surface area contributed by atoms with E-state index in [9.17, 15) is 13.2 Å². The summed E-state index contributed by atoms with van der Waals surface area (Å²) in [5, 5.41) is 2.97. The molecule has 1 saturated heterocycles. The molecule has 1 heterocycles. The highest BCUT2D eigenvalue weighted by molar-refractivity contribution is 7.89. The number of amides is 1. The molecule has 0 aromatic heterocycles. The van der Waals surface area contributed by atoms with Crippen molar-refractivity contribution >= 4 is 15.9 Å². The summed E-state index contributed by atoms with van der Waals surface area (Å²) in [6.45, 7) is 9.58. The van der Waals surface area contributed by atoms with E-state index in [1.165, 1.54) is 4.31 Å². The maximum absolute atomic E-state index is 12.6. The molecule has 24 heavy (non-hydrogen) atoms. The number of carbonyl (C=O) groups is 1. The van der Waals surface area contributed by atoms with Crippen molar-refractivity contribution in [3.63, 3.8) is 0 Å². The summed E-state index contributed by atoms with van der Waals surface area (Å²) in [5.74, 6) is -0.0260. The van der Waals surface area contributed by atoms with E-state index in [1.54, 1.807) is 30.3 Å². The first kappa shape index (κ1) is 18.9. The van der Waals surface area contributed by atoms with Gasteiger partial charge in [0.05, 0.1) is 10.9 Å². The average Bonchev–Trinajstić information content (AvgIpc) is 2.53. The van der Waals surface area contributed by atoms with Crippen LogP contribution in [0.1, 0.15) is 27.7 Å². The number of hydrogen-bond donors (Lipinski definition) is 1. The van der Waals surface area contributed by atoms with Crippen molar-refractivity contribution in [3.05, 3.63) is 30.3 Å². The summed E-state index contributed by atoms with van der Waals surface area (Å²) in [6.07, 6.45) is 0. The molecule has 1 unspecified atom stereocenters. The van der Waals surface area contributed by atoms with Crippen molar-refractivity contribution in [1.29, 1.82) is 0 Å². The SMILES string of the molecule is CC(C(=O)NC(C)(C)C)N1CCN(S(=O)(=O)c2ccccc2)CC1. The van der Waals surface area contributed by atoms with Gasteiger partial charge in [-0.25, -0.2) is 8.42 Å². The predicted molar refractivity (Wildman–Crippen MR) is 94.1 cm³/mol. The van der Waals surface area contributed by atoms with Crippen molar-refractivity contribution in [2.45, 2.75) is 44.2 Å². The molecule has 134 valence electrons. The van der Waals surface area contributed by atoms with Crippen LogP contribution in [0.5, 0.6) is 0 Å². The lowest BCUT2D eigenvalue weighted by molar-refractivity contribution is -0.127.